The van der Waals surface area contributed by atoms with Gasteiger partial charge in [-0.2, -0.15) is 0 Å². The summed E-state index contributed by atoms with van der Waals surface area (Å²) < 4.78 is 1.01. The fourth-order valence-corrected chi connectivity index (χ4v) is 2.92. The summed E-state index contributed by atoms with van der Waals surface area (Å²) in [5, 5.41) is 4.13. The Balaban J connectivity index is 2.22. The molecule has 1 unspecified atom stereocenters. The lowest BCUT2D eigenvalue weighted by Gasteiger charge is -2.18. The van der Waals surface area contributed by atoms with E-state index >= 15 is 0 Å². The number of hydrogen-bond acceptors (Lipinski definition) is 1. The van der Waals surface area contributed by atoms with Crippen LogP contribution in [0.25, 0.3) is 0 Å². The molecule has 1 nitrogen and oxygen atoms in total. The minimum atomic E-state index is 0.225. The first-order valence-corrected chi connectivity index (χ1v) is 7.45. The van der Waals surface area contributed by atoms with E-state index in [2.05, 4.69) is 58.5 Å². The molecule has 2 aromatic carbocycles. The second-order valence-corrected chi connectivity index (χ2v) is 6.02. The largest absolute Gasteiger partial charge is 0.313 e. The van der Waals surface area contributed by atoms with E-state index < -0.39 is 0 Å². The molecule has 19 heavy (non-hydrogen) atoms. The van der Waals surface area contributed by atoms with Crippen LogP contribution in [0.15, 0.2) is 46.9 Å². The van der Waals surface area contributed by atoms with Crippen molar-refractivity contribution in [2.75, 3.05) is 7.05 Å². The monoisotopic (exact) mass is 337 g/mol. The fourth-order valence-electron chi connectivity index (χ4n) is 2.11. The first-order valence-electron chi connectivity index (χ1n) is 6.28. The molecule has 0 aromatic heterocycles. The molecule has 3 heteroatoms. The van der Waals surface area contributed by atoms with Crippen LogP contribution < -0.4 is 5.32 Å². The molecule has 0 saturated heterocycles. The van der Waals surface area contributed by atoms with E-state index in [1.807, 2.05) is 19.2 Å². The van der Waals surface area contributed by atoms with Crippen molar-refractivity contribution in [3.8, 4) is 0 Å². The zero-order valence-electron chi connectivity index (χ0n) is 11.1. The SMILES string of the molecule is CNC(Cc1ccc(C)cc1)c1ccc(Br)cc1Cl. The summed E-state index contributed by atoms with van der Waals surface area (Å²) in [5.74, 6) is 0. The van der Waals surface area contributed by atoms with E-state index in [9.17, 15) is 0 Å². The van der Waals surface area contributed by atoms with E-state index in [4.69, 9.17) is 11.6 Å². The molecule has 0 spiro atoms. The lowest BCUT2D eigenvalue weighted by atomic mass is 9.98. The topological polar surface area (TPSA) is 12.0 Å². The van der Waals surface area contributed by atoms with Crippen LogP contribution in [0.5, 0.6) is 0 Å². The average Bonchev–Trinajstić information content (AvgIpc) is 2.39. The number of nitrogens with one attached hydrogen (secondary N) is 1. The van der Waals surface area contributed by atoms with Crippen molar-refractivity contribution >= 4 is 27.5 Å². The maximum Gasteiger partial charge on any atom is 0.0465 e. The van der Waals surface area contributed by atoms with Crippen LogP contribution in [0.3, 0.4) is 0 Å². The van der Waals surface area contributed by atoms with Gasteiger partial charge >= 0.3 is 0 Å². The van der Waals surface area contributed by atoms with E-state index in [1.54, 1.807) is 0 Å². The number of rotatable bonds is 4. The van der Waals surface area contributed by atoms with Crippen molar-refractivity contribution < 1.29 is 0 Å². The normalized spacial score (nSPS) is 12.4. The molecule has 0 heterocycles. The number of aryl methyl sites for hydroxylation is 1. The van der Waals surface area contributed by atoms with Crippen molar-refractivity contribution in [1.29, 1.82) is 0 Å². The Kier molecular flexibility index (Phi) is 5.03. The van der Waals surface area contributed by atoms with Gasteiger partial charge < -0.3 is 5.32 Å². The van der Waals surface area contributed by atoms with Crippen molar-refractivity contribution in [3.63, 3.8) is 0 Å². The molecule has 1 N–H and O–H groups in total. The van der Waals surface area contributed by atoms with Crippen molar-refractivity contribution in [2.45, 2.75) is 19.4 Å². The summed E-state index contributed by atoms with van der Waals surface area (Å²) in [7, 11) is 1.97. The molecule has 0 amide bonds. The molecule has 0 aliphatic heterocycles. The average molecular weight is 339 g/mol. The molecule has 2 aromatic rings. The predicted molar refractivity (Wildman–Crippen MR) is 85.8 cm³/mol. The van der Waals surface area contributed by atoms with Gasteiger partial charge in [0.1, 0.15) is 0 Å². The van der Waals surface area contributed by atoms with Gasteiger partial charge in [0.05, 0.1) is 0 Å². The lowest BCUT2D eigenvalue weighted by Crippen LogP contribution is -2.19. The highest BCUT2D eigenvalue weighted by atomic mass is 79.9. The van der Waals surface area contributed by atoms with Gasteiger partial charge in [0.25, 0.3) is 0 Å². The molecule has 0 aliphatic carbocycles. The number of benzene rings is 2. The third-order valence-electron chi connectivity index (χ3n) is 3.25. The van der Waals surface area contributed by atoms with Crippen LogP contribution in [0.1, 0.15) is 22.7 Å². The quantitative estimate of drug-likeness (QED) is 0.835. The number of likely N-dealkylation sites (N-methyl/N-ethyl adjacent to an activating group) is 1. The van der Waals surface area contributed by atoms with Gasteiger partial charge in [0.15, 0.2) is 0 Å². The second-order valence-electron chi connectivity index (χ2n) is 4.70. The summed E-state index contributed by atoms with van der Waals surface area (Å²) in [6.07, 6.45) is 0.929. The van der Waals surface area contributed by atoms with Gasteiger partial charge in [-0.3, -0.25) is 0 Å². The molecule has 0 aliphatic rings. The zero-order valence-corrected chi connectivity index (χ0v) is 13.4. The van der Waals surface area contributed by atoms with E-state index in [1.165, 1.54) is 11.1 Å². The Morgan fingerprint density at radius 2 is 1.84 bits per heavy atom. The number of hydrogen-bond donors (Lipinski definition) is 1. The Morgan fingerprint density at radius 1 is 1.16 bits per heavy atom. The summed E-state index contributed by atoms with van der Waals surface area (Å²) in [4.78, 5) is 0. The van der Waals surface area contributed by atoms with Gasteiger partial charge in [0, 0.05) is 15.5 Å². The van der Waals surface area contributed by atoms with Gasteiger partial charge in [-0.15, -0.1) is 0 Å². The highest BCUT2D eigenvalue weighted by Gasteiger charge is 2.13. The van der Waals surface area contributed by atoms with Crippen molar-refractivity contribution in [3.05, 3.63) is 68.7 Å². The standard InChI is InChI=1S/C16H17BrClN/c1-11-3-5-12(6-4-11)9-16(19-2)14-8-7-13(17)10-15(14)18/h3-8,10,16,19H,9H2,1-2H3. The van der Waals surface area contributed by atoms with Crippen LogP contribution in [0.4, 0.5) is 0 Å². The second kappa shape index (κ2) is 6.56. The third-order valence-corrected chi connectivity index (χ3v) is 4.07. The molecule has 0 bridgehead atoms. The highest BCUT2D eigenvalue weighted by molar-refractivity contribution is 9.10. The molecule has 2 rings (SSSR count). The van der Waals surface area contributed by atoms with Crippen molar-refractivity contribution in [2.24, 2.45) is 0 Å². The molecule has 0 radical (unpaired) electrons. The van der Waals surface area contributed by atoms with Crippen LogP contribution in [0, 0.1) is 6.92 Å². The molecule has 0 saturated carbocycles. The number of halogens is 2. The minimum Gasteiger partial charge on any atom is -0.313 e. The lowest BCUT2D eigenvalue weighted by molar-refractivity contribution is 0.592. The van der Waals surface area contributed by atoms with Crippen LogP contribution in [-0.2, 0) is 6.42 Å². The Morgan fingerprint density at radius 3 is 2.42 bits per heavy atom. The van der Waals surface area contributed by atoms with Crippen LogP contribution >= 0.6 is 27.5 Å². The van der Waals surface area contributed by atoms with Crippen molar-refractivity contribution in [1.82, 2.24) is 5.32 Å². The maximum absolute atomic E-state index is 6.32. The van der Waals surface area contributed by atoms with Gasteiger partial charge in [0.2, 0.25) is 0 Å². The summed E-state index contributed by atoms with van der Waals surface area (Å²) in [6.45, 7) is 2.10. The first kappa shape index (κ1) is 14.6. The Hall–Kier alpha value is -0.830. The van der Waals surface area contributed by atoms with Gasteiger partial charge in [-0.1, -0.05) is 63.4 Å². The van der Waals surface area contributed by atoms with E-state index in [0.29, 0.717) is 0 Å². The summed E-state index contributed by atoms with van der Waals surface area (Å²) >= 11 is 9.76. The van der Waals surface area contributed by atoms with E-state index in [0.717, 1.165) is 21.5 Å². The molecular formula is C16H17BrClN. The van der Waals surface area contributed by atoms with Crippen LogP contribution in [0.2, 0.25) is 5.02 Å². The van der Waals surface area contributed by atoms with E-state index in [-0.39, 0.29) is 6.04 Å². The summed E-state index contributed by atoms with van der Waals surface area (Å²) in [6, 6.07) is 14.9. The zero-order chi connectivity index (χ0) is 13.8. The fraction of sp³-hybridized carbons (Fsp3) is 0.250. The minimum absolute atomic E-state index is 0.225. The highest BCUT2D eigenvalue weighted by Crippen LogP contribution is 2.28. The first-order chi connectivity index (χ1) is 9.10. The Labute approximate surface area is 128 Å². The van der Waals surface area contributed by atoms with Crippen LogP contribution in [-0.4, -0.2) is 7.05 Å². The van der Waals surface area contributed by atoms with Gasteiger partial charge in [-0.25, -0.2) is 0 Å². The summed E-state index contributed by atoms with van der Waals surface area (Å²) in [5.41, 5.74) is 3.73. The molecule has 1 atom stereocenters. The predicted octanol–water partition coefficient (Wildman–Crippen LogP) is 4.91. The molecular weight excluding hydrogens is 322 g/mol. The molecule has 0 fully saturated rings. The Bertz CT molecular complexity index is 551. The molecule has 100 valence electrons. The maximum atomic E-state index is 6.32. The third kappa shape index (κ3) is 3.82. The smallest absolute Gasteiger partial charge is 0.0465 e. The van der Waals surface area contributed by atoms with Gasteiger partial charge in [-0.05, 0) is 43.7 Å².